The lowest BCUT2D eigenvalue weighted by molar-refractivity contribution is 0.0926. The van der Waals surface area contributed by atoms with E-state index in [4.69, 9.17) is 4.42 Å². The Morgan fingerprint density at radius 3 is 2.54 bits per heavy atom. The molecule has 0 atom stereocenters. The molecule has 1 aromatic heterocycles. The molecule has 1 amide bonds. The van der Waals surface area contributed by atoms with Crippen molar-refractivity contribution < 1.29 is 9.21 Å². The number of halogens is 1. The van der Waals surface area contributed by atoms with Crippen molar-refractivity contribution >= 4 is 27.8 Å². The molecule has 24 heavy (non-hydrogen) atoms. The Morgan fingerprint density at radius 1 is 1.21 bits per heavy atom. The first-order valence-corrected chi connectivity index (χ1v) is 8.37. The van der Waals surface area contributed by atoms with E-state index in [1.54, 1.807) is 19.2 Å². The van der Waals surface area contributed by atoms with Crippen molar-refractivity contribution in [1.82, 2.24) is 15.5 Å². The lowest BCUT2D eigenvalue weighted by Crippen LogP contribution is -2.42. The summed E-state index contributed by atoms with van der Waals surface area (Å²) in [5, 5.41) is 6.01. The minimum Gasteiger partial charge on any atom is -0.459 e. The number of carbonyl (C=O) groups excluding carboxylic acids is 1. The maximum absolute atomic E-state index is 11.7. The van der Waals surface area contributed by atoms with Gasteiger partial charge < -0.3 is 20.0 Å². The van der Waals surface area contributed by atoms with Crippen molar-refractivity contribution in [2.45, 2.75) is 6.54 Å². The monoisotopic (exact) mass is 392 g/mol. The standard InChI is InChI=1S/C17H21BrN4O2/c1-19-17(22(2)12-13-5-7-14(18)8-6-13)21-10-9-20-16(23)15-4-3-11-24-15/h3-8,11H,9-10,12H2,1-2H3,(H,19,21)(H,20,23). The SMILES string of the molecule is CN=C(NCCNC(=O)c1ccco1)N(C)Cc1ccc(Br)cc1. The van der Waals surface area contributed by atoms with Gasteiger partial charge in [-0.2, -0.15) is 0 Å². The zero-order valence-electron chi connectivity index (χ0n) is 13.8. The lowest BCUT2D eigenvalue weighted by Gasteiger charge is -2.22. The largest absolute Gasteiger partial charge is 0.459 e. The van der Waals surface area contributed by atoms with Crippen molar-refractivity contribution in [2.24, 2.45) is 4.99 Å². The molecule has 1 heterocycles. The molecule has 6 nitrogen and oxygen atoms in total. The fourth-order valence-electron chi connectivity index (χ4n) is 2.17. The van der Waals surface area contributed by atoms with Gasteiger partial charge in [-0.05, 0) is 29.8 Å². The van der Waals surface area contributed by atoms with E-state index >= 15 is 0 Å². The van der Waals surface area contributed by atoms with Gasteiger partial charge in [-0.3, -0.25) is 9.79 Å². The van der Waals surface area contributed by atoms with Gasteiger partial charge >= 0.3 is 0 Å². The van der Waals surface area contributed by atoms with Crippen molar-refractivity contribution in [2.75, 3.05) is 27.2 Å². The first-order valence-electron chi connectivity index (χ1n) is 7.58. The Kier molecular flexibility index (Phi) is 6.87. The Morgan fingerprint density at radius 2 is 1.92 bits per heavy atom. The van der Waals surface area contributed by atoms with Crippen molar-refractivity contribution in [3.63, 3.8) is 0 Å². The van der Waals surface area contributed by atoms with Gasteiger partial charge in [0.15, 0.2) is 11.7 Å². The van der Waals surface area contributed by atoms with Gasteiger partial charge in [-0.15, -0.1) is 0 Å². The molecule has 0 bridgehead atoms. The number of nitrogens with zero attached hydrogens (tertiary/aromatic N) is 2. The summed E-state index contributed by atoms with van der Waals surface area (Å²) < 4.78 is 6.10. The molecule has 2 N–H and O–H groups in total. The van der Waals surface area contributed by atoms with Crippen LogP contribution in [0.4, 0.5) is 0 Å². The normalized spacial score (nSPS) is 11.2. The Balaban J connectivity index is 1.75. The van der Waals surface area contributed by atoms with Gasteiger partial charge in [0, 0.05) is 38.2 Å². The summed E-state index contributed by atoms with van der Waals surface area (Å²) in [4.78, 5) is 18.0. The van der Waals surface area contributed by atoms with Gasteiger partial charge in [0.1, 0.15) is 0 Å². The van der Waals surface area contributed by atoms with Crippen molar-refractivity contribution in [3.8, 4) is 0 Å². The van der Waals surface area contributed by atoms with E-state index in [-0.39, 0.29) is 5.91 Å². The van der Waals surface area contributed by atoms with E-state index in [1.807, 2.05) is 24.1 Å². The molecule has 2 aromatic rings. The molecule has 0 aliphatic carbocycles. The Labute approximate surface area is 150 Å². The number of hydrogen-bond donors (Lipinski definition) is 2. The van der Waals surface area contributed by atoms with Gasteiger partial charge in [-0.1, -0.05) is 28.1 Å². The molecule has 0 radical (unpaired) electrons. The molecule has 128 valence electrons. The van der Waals surface area contributed by atoms with Crippen LogP contribution in [0.25, 0.3) is 0 Å². The maximum atomic E-state index is 11.7. The van der Waals surface area contributed by atoms with Gasteiger partial charge in [0.25, 0.3) is 5.91 Å². The van der Waals surface area contributed by atoms with Gasteiger partial charge in [-0.25, -0.2) is 0 Å². The predicted molar refractivity (Wildman–Crippen MR) is 98.0 cm³/mol. The van der Waals surface area contributed by atoms with Crippen LogP contribution in [0.3, 0.4) is 0 Å². The molecule has 0 spiro atoms. The summed E-state index contributed by atoms with van der Waals surface area (Å²) in [6, 6.07) is 11.5. The molecule has 1 aromatic carbocycles. The summed E-state index contributed by atoms with van der Waals surface area (Å²) in [7, 11) is 3.71. The average Bonchev–Trinajstić information content (AvgIpc) is 3.11. The van der Waals surface area contributed by atoms with E-state index in [2.05, 4.69) is 43.7 Å². The number of furan rings is 1. The number of benzene rings is 1. The number of hydrogen-bond acceptors (Lipinski definition) is 3. The summed E-state index contributed by atoms with van der Waals surface area (Å²) in [6.45, 7) is 1.79. The molecule has 0 unspecified atom stereocenters. The van der Waals surface area contributed by atoms with Gasteiger partial charge in [0.05, 0.1) is 6.26 Å². The van der Waals surface area contributed by atoms with Crippen LogP contribution in [0.1, 0.15) is 16.1 Å². The molecule has 0 saturated carbocycles. The molecule has 0 aliphatic rings. The zero-order valence-corrected chi connectivity index (χ0v) is 15.3. The summed E-state index contributed by atoms with van der Waals surface area (Å²) in [5.74, 6) is 0.858. The second-order valence-corrected chi connectivity index (χ2v) is 6.11. The summed E-state index contributed by atoms with van der Waals surface area (Å²) >= 11 is 3.43. The highest BCUT2D eigenvalue weighted by atomic mass is 79.9. The molecule has 0 fully saturated rings. The molecular formula is C17H21BrN4O2. The van der Waals surface area contributed by atoms with E-state index in [0.717, 1.165) is 17.0 Å². The van der Waals surface area contributed by atoms with E-state index in [0.29, 0.717) is 18.8 Å². The van der Waals surface area contributed by atoms with Crippen LogP contribution >= 0.6 is 15.9 Å². The van der Waals surface area contributed by atoms with Crippen LogP contribution in [0, 0.1) is 0 Å². The third-order valence-electron chi connectivity index (χ3n) is 3.35. The second kappa shape index (κ2) is 9.12. The van der Waals surface area contributed by atoms with Crippen molar-refractivity contribution in [1.29, 1.82) is 0 Å². The second-order valence-electron chi connectivity index (χ2n) is 5.19. The minimum atomic E-state index is -0.222. The summed E-state index contributed by atoms with van der Waals surface area (Å²) in [5.41, 5.74) is 1.19. The van der Waals surface area contributed by atoms with E-state index in [1.165, 1.54) is 11.8 Å². The molecule has 0 saturated heterocycles. The Hall–Kier alpha value is -2.28. The van der Waals surface area contributed by atoms with E-state index < -0.39 is 0 Å². The highest BCUT2D eigenvalue weighted by molar-refractivity contribution is 9.10. The number of amides is 1. The first-order chi connectivity index (χ1) is 11.6. The number of aliphatic imine (C=N–C) groups is 1. The molecule has 0 aliphatic heterocycles. The third-order valence-corrected chi connectivity index (χ3v) is 3.87. The number of carbonyl (C=O) groups is 1. The van der Waals surface area contributed by atoms with Crippen molar-refractivity contribution in [3.05, 3.63) is 58.5 Å². The van der Waals surface area contributed by atoms with Crippen LogP contribution < -0.4 is 10.6 Å². The van der Waals surface area contributed by atoms with Crippen LogP contribution in [-0.4, -0.2) is 44.0 Å². The summed E-state index contributed by atoms with van der Waals surface area (Å²) in [6.07, 6.45) is 1.48. The van der Waals surface area contributed by atoms with Crippen LogP contribution in [0.15, 0.2) is 56.5 Å². The molecular weight excluding hydrogens is 372 g/mol. The van der Waals surface area contributed by atoms with E-state index in [9.17, 15) is 4.79 Å². The third kappa shape index (κ3) is 5.42. The topological polar surface area (TPSA) is 69.9 Å². The highest BCUT2D eigenvalue weighted by Gasteiger charge is 2.09. The average molecular weight is 393 g/mol. The number of rotatable bonds is 6. The smallest absolute Gasteiger partial charge is 0.287 e. The molecule has 7 heteroatoms. The quantitative estimate of drug-likeness (QED) is 0.450. The maximum Gasteiger partial charge on any atom is 0.287 e. The van der Waals surface area contributed by atoms with Crippen LogP contribution in [0.5, 0.6) is 0 Å². The van der Waals surface area contributed by atoms with Crippen LogP contribution in [-0.2, 0) is 6.54 Å². The fraction of sp³-hybridized carbons (Fsp3) is 0.294. The van der Waals surface area contributed by atoms with Crippen LogP contribution in [0.2, 0.25) is 0 Å². The number of nitrogens with one attached hydrogen (secondary N) is 2. The zero-order chi connectivity index (χ0) is 17.4. The Bertz CT molecular complexity index is 668. The molecule has 2 rings (SSSR count). The minimum absolute atomic E-state index is 0.222. The first kappa shape index (κ1) is 18.1. The lowest BCUT2D eigenvalue weighted by atomic mass is 10.2. The highest BCUT2D eigenvalue weighted by Crippen LogP contribution is 2.11. The predicted octanol–water partition coefficient (Wildman–Crippen LogP) is 2.48. The number of guanidine groups is 1. The van der Waals surface area contributed by atoms with Gasteiger partial charge in [0.2, 0.25) is 0 Å². The fourth-order valence-corrected chi connectivity index (χ4v) is 2.43.